The van der Waals surface area contributed by atoms with Crippen LogP contribution in [0.1, 0.15) is 45.4 Å². The van der Waals surface area contributed by atoms with Gasteiger partial charge in [-0.05, 0) is 31.6 Å². The molecule has 1 saturated carbocycles. The molecule has 1 nitrogen and oxygen atoms in total. The van der Waals surface area contributed by atoms with Crippen molar-refractivity contribution >= 4 is 11.8 Å². The first-order chi connectivity index (χ1) is 6.86. The summed E-state index contributed by atoms with van der Waals surface area (Å²) in [6.07, 6.45) is 10.8. The Morgan fingerprint density at radius 1 is 1.36 bits per heavy atom. The lowest BCUT2D eigenvalue weighted by atomic mass is 9.99. The predicted octanol–water partition coefficient (Wildman–Crippen LogP) is 3.30. The van der Waals surface area contributed by atoms with E-state index in [9.17, 15) is 0 Å². The van der Waals surface area contributed by atoms with Crippen LogP contribution >= 0.6 is 11.8 Å². The maximum Gasteiger partial charge on any atom is 0.0160 e. The molecule has 0 aromatic carbocycles. The van der Waals surface area contributed by atoms with Crippen molar-refractivity contribution in [3.05, 3.63) is 0 Å². The summed E-state index contributed by atoms with van der Waals surface area (Å²) in [6, 6.07) is 0.771. The molecule has 0 spiro atoms. The fourth-order valence-electron chi connectivity index (χ4n) is 2.41. The molecule has 1 rings (SSSR count). The standard InChI is InChI=1S/C12H25NS/c1-3-8-13-12(10-14-2)9-11-6-4-5-7-11/h11-13H,3-10H2,1-2H3. The van der Waals surface area contributed by atoms with Crippen molar-refractivity contribution in [2.75, 3.05) is 18.6 Å². The van der Waals surface area contributed by atoms with Gasteiger partial charge in [0.15, 0.2) is 0 Å². The van der Waals surface area contributed by atoms with E-state index in [4.69, 9.17) is 0 Å². The Kier molecular flexibility index (Phi) is 6.70. The van der Waals surface area contributed by atoms with Crippen LogP contribution in [0.25, 0.3) is 0 Å². The molecule has 14 heavy (non-hydrogen) atoms. The quantitative estimate of drug-likeness (QED) is 0.699. The lowest BCUT2D eigenvalue weighted by Crippen LogP contribution is -2.33. The SMILES string of the molecule is CCCNC(CSC)CC1CCCC1. The van der Waals surface area contributed by atoms with Gasteiger partial charge in [0.25, 0.3) is 0 Å². The third kappa shape index (κ3) is 4.70. The molecule has 1 aliphatic rings. The van der Waals surface area contributed by atoms with Crippen molar-refractivity contribution in [1.29, 1.82) is 0 Å². The average Bonchev–Trinajstić information content (AvgIpc) is 2.67. The molecule has 1 unspecified atom stereocenters. The number of nitrogens with one attached hydrogen (secondary N) is 1. The minimum atomic E-state index is 0.771. The topological polar surface area (TPSA) is 12.0 Å². The Labute approximate surface area is 93.4 Å². The van der Waals surface area contributed by atoms with Gasteiger partial charge in [-0.2, -0.15) is 11.8 Å². The zero-order valence-corrected chi connectivity index (χ0v) is 10.5. The summed E-state index contributed by atoms with van der Waals surface area (Å²) in [5.74, 6) is 2.31. The van der Waals surface area contributed by atoms with Crippen LogP contribution in [-0.4, -0.2) is 24.6 Å². The van der Waals surface area contributed by atoms with Crippen molar-refractivity contribution < 1.29 is 0 Å². The van der Waals surface area contributed by atoms with Crippen molar-refractivity contribution in [3.63, 3.8) is 0 Å². The van der Waals surface area contributed by atoms with E-state index in [1.54, 1.807) is 0 Å². The van der Waals surface area contributed by atoms with E-state index in [0.717, 1.165) is 12.0 Å². The largest absolute Gasteiger partial charge is 0.313 e. The van der Waals surface area contributed by atoms with Gasteiger partial charge in [0.1, 0.15) is 0 Å². The van der Waals surface area contributed by atoms with E-state index in [2.05, 4.69) is 18.5 Å². The summed E-state index contributed by atoms with van der Waals surface area (Å²) < 4.78 is 0. The summed E-state index contributed by atoms with van der Waals surface area (Å²) in [5.41, 5.74) is 0. The van der Waals surface area contributed by atoms with E-state index in [-0.39, 0.29) is 0 Å². The Morgan fingerprint density at radius 2 is 2.07 bits per heavy atom. The normalized spacial score (nSPS) is 20.1. The van der Waals surface area contributed by atoms with Crippen LogP contribution < -0.4 is 5.32 Å². The Balaban J connectivity index is 2.18. The highest BCUT2D eigenvalue weighted by atomic mass is 32.2. The fourth-order valence-corrected chi connectivity index (χ4v) is 3.06. The lowest BCUT2D eigenvalue weighted by Gasteiger charge is -2.20. The van der Waals surface area contributed by atoms with Gasteiger partial charge in [0.2, 0.25) is 0 Å². The second-order valence-electron chi connectivity index (χ2n) is 4.49. The molecule has 1 fully saturated rings. The summed E-state index contributed by atoms with van der Waals surface area (Å²) in [4.78, 5) is 0. The summed E-state index contributed by atoms with van der Waals surface area (Å²) in [5, 5.41) is 3.68. The maximum absolute atomic E-state index is 3.68. The third-order valence-electron chi connectivity index (χ3n) is 3.14. The molecule has 0 saturated heterocycles. The maximum atomic E-state index is 3.68. The monoisotopic (exact) mass is 215 g/mol. The molecule has 2 heteroatoms. The minimum Gasteiger partial charge on any atom is -0.313 e. The molecular formula is C12H25NS. The fraction of sp³-hybridized carbons (Fsp3) is 1.00. The third-order valence-corrected chi connectivity index (χ3v) is 3.88. The van der Waals surface area contributed by atoms with Crippen molar-refractivity contribution in [1.82, 2.24) is 5.32 Å². The van der Waals surface area contributed by atoms with Gasteiger partial charge in [0.05, 0.1) is 0 Å². The van der Waals surface area contributed by atoms with E-state index in [0.29, 0.717) is 0 Å². The van der Waals surface area contributed by atoms with Gasteiger partial charge in [-0.15, -0.1) is 0 Å². The van der Waals surface area contributed by atoms with Crippen LogP contribution in [0, 0.1) is 5.92 Å². The Hall–Kier alpha value is 0.310. The highest BCUT2D eigenvalue weighted by Gasteiger charge is 2.19. The zero-order valence-electron chi connectivity index (χ0n) is 9.72. The number of hydrogen-bond acceptors (Lipinski definition) is 2. The second kappa shape index (κ2) is 7.58. The first kappa shape index (κ1) is 12.4. The second-order valence-corrected chi connectivity index (χ2v) is 5.40. The van der Waals surface area contributed by atoms with Crippen LogP contribution in [0.5, 0.6) is 0 Å². The highest BCUT2D eigenvalue weighted by Crippen LogP contribution is 2.29. The van der Waals surface area contributed by atoms with Crippen molar-refractivity contribution in [2.24, 2.45) is 5.92 Å². The van der Waals surface area contributed by atoms with Crippen LogP contribution in [-0.2, 0) is 0 Å². The molecule has 0 bridgehead atoms. The van der Waals surface area contributed by atoms with Gasteiger partial charge in [-0.1, -0.05) is 32.6 Å². The molecule has 0 radical (unpaired) electrons. The van der Waals surface area contributed by atoms with Crippen LogP contribution in [0.15, 0.2) is 0 Å². The summed E-state index contributed by atoms with van der Waals surface area (Å²) in [7, 11) is 0. The van der Waals surface area contributed by atoms with Crippen LogP contribution in [0.3, 0.4) is 0 Å². The predicted molar refractivity (Wildman–Crippen MR) is 67.0 cm³/mol. The molecule has 1 aliphatic carbocycles. The number of hydrogen-bond donors (Lipinski definition) is 1. The van der Waals surface area contributed by atoms with E-state index in [1.807, 2.05) is 11.8 Å². The van der Waals surface area contributed by atoms with Crippen LogP contribution in [0.4, 0.5) is 0 Å². The Bertz CT molecular complexity index is 132. The summed E-state index contributed by atoms with van der Waals surface area (Å²) in [6.45, 7) is 3.44. The van der Waals surface area contributed by atoms with E-state index >= 15 is 0 Å². The molecule has 0 aromatic rings. The van der Waals surface area contributed by atoms with Crippen molar-refractivity contribution in [3.8, 4) is 0 Å². The average molecular weight is 215 g/mol. The zero-order chi connectivity index (χ0) is 10.2. The smallest absolute Gasteiger partial charge is 0.0160 e. The molecule has 0 aromatic heterocycles. The molecule has 0 heterocycles. The van der Waals surface area contributed by atoms with Gasteiger partial charge >= 0.3 is 0 Å². The lowest BCUT2D eigenvalue weighted by molar-refractivity contribution is 0.410. The molecule has 0 amide bonds. The summed E-state index contributed by atoms with van der Waals surface area (Å²) >= 11 is 1.98. The molecular weight excluding hydrogens is 190 g/mol. The number of thioether (sulfide) groups is 1. The van der Waals surface area contributed by atoms with Crippen molar-refractivity contribution in [2.45, 2.75) is 51.5 Å². The van der Waals surface area contributed by atoms with Gasteiger partial charge < -0.3 is 5.32 Å². The van der Waals surface area contributed by atoms with E-state index in [1.165, 1.54) is 50.8 Å². The minimum absolute atomic E-state index is 0.771. The van der Waals surface area contributed by atoms with Gasteiger partial charge in [-0.3, -0.25) is 0 Å². The Morgan fingerprint density at radius 3 is 2.64 bits per heavy atom. The molecule has 1 atom stereocenters. The van der Waals surface area contributed by atoms with E-state index < -0.39 is 0 Å². The first-order valence-electron chi connectivity index (χ1n) is 6.09. The molecule has 84 valence electrons. The highest BCUT2D eigenvalue weighted by molar-refractivity contribution is 7.98. The van der Waals surface area contributed by atoms with Gasteiger partial charge in [-0.25, -0.2) is 0 Å². The number of rotatable bonds is 7. The first-order valence-corrected chi connectivity index (χ1v) is 7.48. The molecule has 1 N–H and O–H groups in total. The van der Waals surface area contributed by atoms with Gasteiger partial charge in [0, 0.05) is 11.8 Å². The molecule has 0 aliphatic heterocycles. The van der Waals surface area contributed by atoms with Crippen LogP contribution in [0.2, 0.25) is 0 Å².